The summed E-state index contributed by atoms with van der Waals surface area (Å²) in [6.07, 6.45) is 0. The molecular weight excluding hydrogens is 351 g/mol. The molecule has 0 unspecified atom stereocenters. The number of hydrogen-bond acceptors (Lipinski definition) is 2. The van der Waals surface area contributed by atoms with Gasteiger partial charge in [-0.15, -0.1) is 11.8 Å². The molecule has 1 atom stereocenters. The minimum Gasteiger partial charge on any atom is -0.295 e. The summed E-state index contributed by atoms with van der Waals surface area (Å²) in [5.74, 6) is -1.73. The number of amides is 1. The van der Waals surface area contributed by atoms with Crippen LogP contribution in [0, 0.1) is 11.6 Å². The van der Waals surface area contributed by atoms with E-state index in [4.69, 9.17) is 23.2 Å². The molecule has 1 amide bonds. The van der Waals surface area contributed by atoms with Gasteiger partial charge in [0.1, 0.15) is 5.37 Å². The fourth-order valence-electron chi connectivity index (χ4n) is 2.25. The molecule has 0 radical (unpaired) electrons. The average molecular weight is 360 g/mol. The van der Waals surface area contributed by atoms with Crippen molar-refractivity contribution in [3.63, 3.8) is 0 Å². The van der Waals surface area contributed by atoms with Gasteiger partial charge in [-0.3, -0.25) is 9.69 Å². The number of anilines is 1. The molecule has 0 aliphatic carbocycles. The molecular formula is C15H9Cl2F2NOS. The van der Waals surface area contributed by atoms with E-state index in [9.17, 15) is 13.6 Å². The van der Waals surface area contributed by atoms with Gasteiger partial charge in [0.05, 0.1) is 15.8 Å². The number of hydrogen-bond donors (Lipinski definition) is 0. The quantitative estimate of drug-likeness (QED) is 0.747. The maximum Gasteiger partial charge on any atom is 0.238 e. The molecule has 1 heterocycles. The average Bonchev–Trinajstić information content (AvgIpc) is 2.87. The van der Waals surface area contributed by atoms with Crippen molar-refractivity contribution < 1.29 is 13.6 Å². The van der Waals surface area contributed by atoms with Crippen LogP contribution in [0.15, 0.2) is 36.4 Å². The minimum atomic E-state index is -0.938. The molecule has 22 heavy (non-hydrogen) atoms. The normalized spacial score (nSPS) is 18.1. The molecule has 0 aromatic heterocycles. The van der Waals surface area contributed by atoms with E-state index in [0.717, 1.165) is 12.1 Å². The summed E-state index contributed by atoms with van der Waals surface area (Å²) in [5.41, 5.74) is 1.08. The fourth-order valence-corrected chi connectivity index (χ4v) is 3.71. The van der Waals surface area contributed by atoms with Gasteiger partial charge < -0.3 is 0 Å². The Hall–Kier alpha value is -1.30. The van der Waals surface area contributed by atoms with Crippen LogP contribution in [-0.4, -0.2) is 11.7 Å². The van der Waals surface area contributed by atoms with Crippen molar-refractivity contribution in [1.82, 2.24) is 0 Å². The number of carbonyl (C=O) groups excluding carboxylic acids is 1. The molecule has 1 aliphatic rings. The standard InChI is InChI=1S/C15H9Cl2F2NOS/c16-10-3-2-9(6-11(10)17)20-14(21)7-22-15(20)8-1-4-12(18)13(19)5-8/h1-6,15H,7H2/t15-/m0/s1. The summed E-state index contributed by atoms with van der Waals surface area (Å²) < 4.78 is 26.5. The van der Waals surface area contributed by atoms with E-state index in [-0.39, 0.29) is 11.7 Å². The number of thioether (sulfide) groups is 1. The largest absolute Gasteiger partial charge is 0.295 e. The summed E-state index contributed by atoms with van der Waals surface area (Å²) in [4.78, 5) is 13.7. The SMILES string of the molecule is O=C1CS[C@@H](c2ccc(F)c(F)c2)N1c1ccc(Cl)c(Cl)c1. The molecule has 3 rings (SSSR count). The molecule has 0 saturated carbocycles. The summed E-state index contributed by atoms with van der Waals surface area (Å²) >= 11 is 13.2. The molecule has 2 aromatic rings. The van der Waals surface area contributed by atoms with E-state index in [1.54, 1.807) is 18.2 Å². The molecule has 114 valence electrons. The number of nitrogens with zero attached hydrogens (tertiary/aromatic N) is 1. The van der Waals surface area contributed by atoms with E-state index >= 15 is 0 Å². The van der Waals surface area contributed by atoms with Gasteiger partial charge in [-0.1, -0.05) is 29.3 Å². The van der Waals surface area contributed by atoms with E-state index in [2.05, 4.69) is 0 Å². The molecule has 2 nitrogen and oxygen atoms in total. The Kier molecular flexibility index (Phi) is 4.30. The molecule has 1 fully saturated rings. The lowest BCUT2D eigenvalue weighted by molar-refractivity contribution is -0.115. The first kappa shape index (κ1) is 15.6. The molecule has 1 saturated heterocycles. The number of rotatable bonds is 2. The van der Waals surface area contributed by atoms with Gasteiger partial charge in [-0.05, 0) is 35.9 Å². The van der Waals surface area contributed by atoms with Crippen molar-refractivity contribution in [3.05, 3.63) is 63.6 Å². The van der Waals surface area contributed by atoms with Crippen LogP contribution >= 0.6 is 35.0 Å². The number of benzene rings is 2. The molecule has 0 N–H and O–H groups in total. The van der Waals surface area contributed by atoms with Crippen LogP contribution in [0.1, 0.15) is 10.9 Å². The van der Waals surface area contributed by atoms with Crippen molar-refractivity contribution in [2.24, 2.45) is 0 Å². The van der Waals surface area contributed by atoms with Crippen molar-refractivity contribution >= 4 is 46.6 Å². The summed E-state index contributed by atoms with van der Waals surface area (Å²) in [6.45, 7) is 0. The molecule has 0 spiro atoms. The first-order valence-electron chi connectivity index (χ1n) is 6.31. The first-order chi connectivity index (χ1) is 10.5. The second-order valence-electron chi connectivity index (χ2n) is 4.70. The zero-order valence-corrected chi connectivity index (χ0v) is 13.4. The second kappa shape index (κ2) is 6.07. The highest BCUT2D eigenvalue weighted by molar-refractivity contribution is 8.00. The maximum atomic E-state index is 13.5. The van der Waals surface area contributed by atoms with Crippen molar-refractivity contribution in [2.45, 2.75) is 5.37 Å². The van der Waals surface area contributed by atoms with Gasteiger partial charge in [-0.25, -0.2) is 8.78 Å². The molecule has 2 aromatic carbocycles. The zero-order chi connectivity index (χ0) is 15.9. The lowest BCUT2D eigenvalue weighted by Gasteiger charge is -2.24. The third kappa shape index (κ3) is 2.81. The Balaban J connectivity index is 2.01. The number of halogens is 4. The lowest BCUT2D eigenvalue weighted by Crippen LogP contribution is -2.27. The molecule has 0 bridgehead atoms. The van der Waals surface area contributed by atoms with Crippen LogP contribution in [0.3, 0.4) is 0 Å². The summed E-state index contributed by atoms with van der Waals surface area (Å²) in [5, 5.41) is 0.279. The van der Waals surface area contributed by atoms with Crippen LogP contribution in [-0.2, 0) is 4.79 Å². The lowest BCUT2D eigenvalue weighted by atomic mass is 10.1. The van der Waals surface area contributed by atoms with Crippen LogP contribution < -0.4 is 4.90 Å². The van der Waals surface area contributed by atoms with Gasteiger partial charge in [-0.2, -0.15) is 0 Å². The van der Waals surface area contributed by atoms with Gasteiger partial charge >= 0.3 is 0 Å². The topological polar surface area (TPSA) is 20.3 Å². The van der Waals surface area contributed by atoms with Crippen molar-refractivity contribution in [3.8, 4) is 0 Å². The van der Waals surface area contributed by atoms with Crippen LogP contribution in [0.2, 0.25) is 10.0 Å². The fraction of sp³-hybridized carbons (Fsp3) is 0.133. The highest BCUT2D eigenvalue weighted by Gasteiger charge is 2.34. The van der Waals surface area contributed by atoms with Crippen molar-refractivity contribution in [1.29, 1.82) is 0 Å². The Labute approximate surface area is 140 Å². The van der Waals surface area contributed by atoms with E-state index in [1.807, 2.05) is 0 Å². The van der Waals surface area contributed by atoms with Gasteiger partial charge in [0.25, 0.3) is 0 Å². The molecule has 7 heteroatoms. The van der Waals surface area contributed by atoms with Gasteiger partial charge in [0.2, 0.25) is 5.91 Å². The Morgan fingerprint density at radius 2 is 1.82 bits per heavy atom. The van der Waals surface area contributed by atoms with Crippen LogP contribution in [0.4, 0.5) is 14.5 Å². The summed E-state index contributed by atoms with van der Waals surface area (Å²) in [7, 11) is 0. The Morgan fingerprint density at radius 1 is 1.05 bits per heavy atom. The van der Waals surface area contributed by atoms with Gasteiger partial charge in [0.15, 0.2) is 11.6 Å². The highest BCUT2D eigenvalue weighted by atomic mass is 35.5. The summed E-state index contributed by atoms with van der Waals surface area (Å²) in [6, 6.07) is 8.49. The van der Waals surface area contributed by atoms with Crippen LogP contribution in [0.5, 0.6) is 0 Å². The Morgan fingerprint density at radius 3 is 2.50 bits per heavy atom. The second-order valence-corrected chi connectivity index (χ2v) is 6.58. The smallest absolute Gasteiger partial charge is 0.238 e. The first-order valence-corrected chi connectivity index (χ1v) is 8.11. The predicted molar refractivity (Wildman–Crippen MR) is 85.5 cm³/mol. The maximum absolute atomic E-state index is 13.5. The third-order valence-corrected chi connectivity index (χ3v) is 5.23. The van der Waals surface area contributed by atoms with E-state index < -0.39 is 17.0 Å². The monoisotopic (exact) mass is 359 g/mol. The highest BCUT2D eigenvalue weighted by Crippen LogP contribution is 2.43. The Bertz CT molecular complexity index is 756. The van der Waals surface area contributed by atoms with Gasteiger partial charge in [0, 0.05) is 5.69 Å². The zero-order valence-electron chi connectivity index (χ0n) is 11.0. The predicted octanol–water partition coefficient (Wildman–Crippen LogP) is 5.05. The number of carbonyl (C=O) groups is 1. The minimum absolute atomic E-state index is 0.127. The van der Waals surface area contributed by atoms with E-state index in [0.29, 0.717) is 21.3 Å². The van der Waals surface area contributed by atoms with E-state index in [1.165, 1.54) is 22.7 Å². The van der Waals surface area contributed by atoms with Crippen molar-refractivity contribution in [2.75, 3.05) is 10.7 Å². The van der Waals surface area contributed by atoms with Crippen LogP contribution in [0.25, 0.3) is 0 Å². The molecule has 1 aliphatic heterocycles. The third-order valence-electron chi connectivity index (χ3n) is 3.28.